The van der Waals surface area contributed by atoms with Gasteiger partial charge in [0.25, 0.3) is 5.91 Å². The molecule has 0 bridgehead atoms. The molecule has 0 aliphatic carbocycles. The molecule has 1 saturated heterocycles. The smallest absolute Gasteiger partial charge is 0.256 e. The number of carbonyl (C=O) groups is 1. The van der Waals surface area contributed by atoms with Gasteiger partial charge in [0.05, 0.1) is 12.7 Å². The number of benzene rings is 1. The molecule has 0 radical (unpaired) electrons. The van der Waals surface area contributed by atoms with Crippen LogP contribution >= 0.6 is 0 Å². The van der Waals surface area contributed by atoms with E-state index in [2.05, 4.69) is 9.97 Å². The van der Waals surface area contributed by atoms with Crippen LogP contribution in [0.5, 0.6) is 5.75 Å². The summed E-state index contributed by atoms with van der Waals surface area (Å²) in [6, 6.07) is 6.48. The molecule has 1 amide bonds. The fourth-order valence-electron chi connectivity index (χ4n) is 3.73. The van der Waals surface area contributed by atoms with Gasteiger partial charge in [-0.05, 0) is 48.6 Å². The summed E-state index contributed by atoms with van der Waals surface area (Å²) in [5, 5.41) is 1.09. The second-order valence-corrected chi connectivity index (χ2v) is 6.65. The van der Waals surface area contributed by atoms with Crippen LogP contribution in [0.15, 0.2) is 36.7 Å². The fraction of sp³-hybridized carbons (Fsp3) is 0.300. The molecule has 140 valence electrons. The van der Waals surface area contributed by atoms with Gasteiger partial charge in [-0.2, -0.15) is 4.39 Å². The maximum atomic E-state index is 14.2. The van der Waals surface area contributed by atoms with Gasteiger partial charge in [-0.1, -0.05) is 0 Å². The number of nitrogens with zero attached hydrogens (tertiary/aromatic N) is 2. The van der Waals surface area contributed by atoms with E-state index >= 15 is 0 Å². The van der Waals surface area contributed by atoms with Gasteiger partial charge in [0.1, 0.15) is 5.65 Å². The Morgan fingerprint density at radius 2 is 2.00 bits per heavy atom. The highest BCUT2D eigenvalue weighted by Gasteiger charge is 2.28. The zero-order chi connectivity index (χ0) is 19.0. The number of H-pyrrole nitrogens is 1. The molecule has 7 heteroatoms. The first kappa shape index (κ1) is 17.5. The van der Waals surface area contributed by atoms with E-state index < -0.39 is 17.5 Å². The van der Waals surface area contributed by atoms with Crippen molar-refractivity contribution in [3.63, 3.8) is 0 Å². The number of fused-ring (bicyclic) bond motifs is 1. The number of methoxy groups -OCH3 is 1. The third-order valence-corrected chi connectivity index (χ3v) is 5.20. The quantitative estimate of drug-likeness (QED) is 0.760. The zero-order valence-electron chi connectivity index (χ0n) is 14.8. The molecule has 1 fully saturated rings. The van der Waals surface area contributed by atoms with E-state index in [1.165, 1.54) is 24.8 Å². The minimum atomic E-state index is -1.16. The fourth-order valence-corrected chi connectivity index (χ4v) is 3.73. The standard InChI is InChI=1S/C20H19F2N3O2/c1-27-16-5-4-14(17(21)18(16)22)20(26)25-9-6-12(7-10-25)15-11-24-19-13(15)3-2-8-23-19/h2-5,8,11-12H,6-7,9-10H2,1H3,(H,23,24). The molecule has 1 aromatic carbocycles. The number of ether oxygens (including phenoxy) is 1. The summed E-state index contributed by atoms with van der Waals surface area (Å²) in [4.78, 5) is 21.7. The van der Waals surface area contributed by atoms with Crippen molar-refractivity contribution < 1.29 is 18.3 Å². The number of halogens is 2. The number of amides is 1. The lowest BCUT2D eigenvalue weighted by atomic mass is 9.89. The number of aromatic amines is 1. The molecule has 0 spiro atoms. The summed E-state index contributed by atoms with van der Waals surface area (Å²) in [7, 11) is 1.25. The average molecular weight is 371 g/mol. The lowest BCUT2D eigenvalue weighted by Crippen LogP contribution is -2.38. The number of rotatable bonds is 3. The second kappa shape index (κ2) is 6.98. The lowest BCUT2D eigenvalue weighted by molar-refractivity contribution is 0.0707. The van der Waals surface area contributed by atoms with Gasteiger partial charge in [0.15, 0.2) is 11.6 Å². The van der Waals surface area contributed by atoms with E-state index in [1.54, 1.807) is 11.1 Å². The molecule has 0 unspecified atom stereocenters. The minimum absolute atomic E-state index is 0.212. The molecule has 27 heavy (non-hydrogen) atoms. The van der Waals surface area contributed by atoms with Crippen molar-refractivity contribution in [2.75, 3.05) is 20.2 Å². The maximum Gasteiger partial charge on any atom is 0.256 e. The van der Waals surface area contributed by atoms with Crippen LogP contribution in [-0.4, -0.2) is 41.0 Å². The highest BCUT2D eigenvalue weighted by molar-refractivity contribution is 5.94. The maximum absolute atomic E-state index is 14.2. The first-order valence-electron chi connectivity index (χ1n) is 8.83. The number of nitrogens with one attached hydrogen (secondary N) is 1. The van der Waals surface area contributed by atoms with Crippen molar-refractivity contribution in [3.05, 3.63) is 59.4 Å². The Bertz CT molecular complexity index is 994. The predicted molar refractivity (Wildman–Crippen MR) is 96.9 cm³/mol. The third kappa shape index (κ3) is 3.03. The van der Waals surface area contributed by atoms with E-state index in [0.717, 1.165) is 23.9 Å². The third-order valence-electron chi connectivity index (χ3n) is 5.20. The van der Waals surface area contributed by atoms with Crippen molar-refractivity contribution in [2.45, 2.75) is 18.8 Å². The molecular formula is C20H19F2N3O2. The van der Waals surface area contributed by atoms with Crippen molar-refractivity contribution >= 4 is 16.9 Å². The summed E-state index contributed by atoms with van der Waals surface area (Å²) in [5.74, 6) is -2.71. The Hall–Kier alpha value is -2.96. The van der Waals surface area contributed by atoms with E-state index in [9.17, 15) is 13.6 Å². The van der Waals surface area contributed by atoms with Crippen LogP contribution in [0.2, 0.25) is 0 Å². The Kier molecular flexibility index (Phi) is 4.51. The first-order chi connectivity index (χ1) is 13.1. The van der Waals surface area contributed by atoms with Gasteiger partial charge < -0.3 is 14.6 Å². The predicted octanol–water partition coefficient (Wildman–Crippen LogP) is 3.87. The Morgan fingerprint density at radius 1 is 1.22 bits per heavy atom. The molecular weight excluding hydrogens is 352 g/mol. The largest absolute Gasteiger partial charge is 0.494 e. The van der Waals surface area contributed by atoms with Crippen LogP contribution in [0.1, 0.15) is 34.7 Å². The minimum Gasteiger partial charge on any atom is -0.494 e. The molecule has 4 rings (SSSR count). The zero-order valence-corrected chi connectivity index (χ0v) is 14.8. The number of hydrogen-bond acceptors (Lipinski definition) is 3. The number of pyridine rings is 1. The normalized spacial score (nSPS) is 15.3. The molecule has 5 nitrogen and oxygen atoms in total. The van der Waals surface area contributed by atoms with Crippen LogP contribution < -0.4 is 4.74 Å². The number of likely N-dealkylation sites (tertiary alicyclic amines) is 1. The van der Waals surface area contributed by atoms with Gasteiger partial charge in [-0.3, -0.25) is 4.79 Å². The molecule has 1 N–H and O–H groups in total. The van der Waals surface area contributed by atoms with Crippen molar-refractivity contribution in [2.24, 2.45) is 0 Å². The van der Waals surface area contributed by atoms with Crippen LogP contribution in [0.3, 0.4) is 0 Å². The van der Waals surface area contributed by atoms with Gasteiger partial charge in [0, 0.05) is 30.9 Å². The summed E-state index contributed by atoms with van der Waals surface area (Å²) in [6.45, 7) is 0.979. The molecule has 2 aromatic heterocycles. The summed E-state index contributed by atoms with van der Waals surface area (Å²) in [5.41, 5.74) is 1.77. The molecule has 3 heterocycles. The van der Waals surface area contributed by atoms with Crippen molar-refractivity contribution in [3.8, 4) is 5.75 Å². The Morgan fingerprint density at radius 3 is 2.74 bits per heavy atom. The van der Waals surface area contributed by atoms with E-state index in [0.29, 0.717) is 19.0 Å². The topological polar surface area (TPSA) is 58.2 Å². The molecule has 0 saturated carbocycles. The van der Waals surface area contributed by atoms with Crippen LogP contribution in [0.4, 0.5) is 8.78 Å². The summed E-state index contributed by atoms with van der Waals surface area (Å²) in [6.07, 6.45) is 5.23. The van der Waals surface area contributed by atoms with E-state index in [1.807, 2.05) is 18.3 Å². The van der Waals surface area contributed by atoms with E-state index in [4.69, 9.17) is 4.74 Å². The monoisotopic (exact) mass is 371 g/mol. The molecule has 3 aromatic rings. The molecule has 1 aliphatic rings. The first-order valence-corrected chi connectivity index (χ1v) is 8.83. The number of carbonyl (C=O) groups excluding carboxylic acids is 1. The second-order valence-electron chi connectivity index (χ2n) is 6.65. The number of hydrogen-bond donors (Lipinski definition) is 1. The molecule has 1 aliphatic heterocycles. The number of aromatic nitrogens is 2. The van der Waals surface area contributed by atoms with Crippen LogP contribution in [0, 0.1) is 11.6 Å². The Balaban J connectivity index is 1.49. The van der Waals surface area contributed by atoms with Crippen molar-refractivity contribution in [1.29, 1.82) is 0 Å². The van der Waals surface area contributed by atoms with Gasteiger partial charge >= 0.3 is 0 Å². The highest BCUT2D eigenvalue weighted by atomic mass is 19.2. The SMILES string of the molecule is COc1ccc(C(=O)N2CCC(c3c[nH]c4ncccc34)CC2)c(F)c1F. The summed E-state index contributed by atoms with van der Waals surface area (Å²) >= 11 is 0. The number of piperidine rings is 1. The Labute approximate surface area is 155 Å². The van der Waals surface area contributed by atoms with E-state index in [-0.39, 0.29) is 11.3 Å². The van der Waals surface area contributed by atoms with Gasteiger partial charge in [0.2, 0.25) is 5.82 Å². The van der Waals surface area contributed by atoms with Gasteiger partial charge in [-0.15, -0.1) is 0 Å². The van der Waals surface area contributed by atoms with Crippen molar-refractivity contribution in [1.82, 2.24) is 14.9 Å². The van der Waals surface area contributed by atoms with Gasteiger partial charge in [-0.25, -0.2) is 9.37 Å². The van der Waals surface area contributed by atoms with Crippen LogP contribution in [0.25, 0.3) is 11.0 Å². The van der Waals surface area contributed by atoms with Crippen LogP contribution in [-0.2, 0) is 0 Å². The molecule has 0 atom stereocenters. The average Bonchev–Trinajstić information content (AvgIpc) is 3.14. The summed E-state index contributed by atoms with van der Waals surface area (Å²) < 4.78 is 32.9. The lowest BCUT2D eigenvalue weighted by Gasteiger charge is -2.32. The highest BCUT2D eigenvalue weighted by Crippen LogP contribution is 2.33.